The molecule has 4 bridgehead atoms. The number of benzene rings is 3. The molecule has 0 spiro atoms. The third kappa shape index (κ3) is 5.98. The van der Waals surface area contributed by atoms with Crippen LogP contribution < -0.4 is 24.8 Å². The molecule has 9 heteroatoms. The third-order valence-corrected chi connectivity index (χ3v) is 7.00. The quantitative estimate of drug-likeness (QED) is 0.529. The highest BCUT2D eigenvalue weighted by molar-refractivity contribution is 5.96. The van der Waals surface area contributed by atoms with Crippen molar-refractivity contribution in [3.8, 4) is 17.2 Å². The van der Waals surface area contributed by atoms with Crippen molar-refractivity contribution in [3.63, 3.8) is 0 Å². The molecule has 0 unspecified atom stereocenters. The van der Waals surface area contributed by atoms with Gasteiger partial charge in [0, 0.05) is 48.8 Å². The van der Waals surface area contributed by atoms with Crippen molar-refractivity contribution in [3.05, 3.63) is 89.0 Å². The molecule has 202 valence electrons. The molecule has 3 amide bonds. The van der Waals surface area contributed by atoms with E-state index in [2.05, 4.69) is 10.6 Å². The van der Waals surface area contributed by atoms with Crippen LogP contribution in [0.4, 0.5) is 0 Å². The van der Waals surface area contributed by atoms with Crippen LogP contribution in [0, 0.1) is 6.92 Å². The number of fused-ring (bicyclic) bond motifs is 7. The maximum absolute atomic E-state index is 13.4. The topological polar surface area (TPSA) is 106 Å². The van der Waals surface area contributed by atoms with Crippen molar-refractivity contribution in [2.24, 2.45) is 0 Å². The van der Waals surface area contributed by atoms with Gasteiger partial charge < -0.3 is 29.7 Å². The fourth-order valence-electron chi connectivity index (χ4n) is 4.81. The molecule has 2 N–H and O–H groups in total. The van der Waals surface area contributed by atoms with Gasteiger partial charge in [-0.3, -0.25) is 14.4 Å². The summed E-state index contributed by atoms with van der Waals surface area (Å²) in [6, 6.07) is 19.1. The molecule has 39 heavy (non-hydrogen) atoms. The predicted octanol–water partition coefficient (Wildman–Crippen LogP) is 3.10. The number of amides is 3. The molecule has 9 nitrogen and oxygen atoms in total. The highest BCUT2D eigenvalue weighted by atomic mass is 16.5. The number of nitrogens with zero attached hydrogens (tertiary/aromatic N) is 1. The van der Waals surface area contributed by atoms with E-state index >= 15 is 0 Å². The van der Waals surface area contributed by atoms with E-state index in [0.717, 1.165) is 11.1 Å². The fraction of sp³-hybridized carbons (Fsp3) is 0.300. The van der Waals surface area contributed by atoms with Crippen LogP contribution in [0.15, 0.2) is 66.7 Å². The van der Waals surface area contributed by atoms with Crippen LogP contribution >= 0.6 is 0 Å². The minimum absolute atomic E-state index is 0.0964. The average molecular weight is 530 g/mol. The smallest absolute Gasteiger partial charge is 0.258 e. The van der Waals surface area contributed by atoms with Gasteiger partial charge in [-0.05, 0) is 48.9 Å². The van der Waals surface area contributed by atoms with E-state index in [9.17, 15) is 14.4 Å². The number of carbonyl (C=O) groups excluding carboxylic acids is 3. The van der Waals surface area contributed by atoms with Gasteiger partial charge >= 0.3 is 0 Å². The van der Waals surface area contributed by atoms with Crippen LogP contribution in [0.25, 0.3) is 0 Å². The lowest BCUT2D eigenvalue weighted by Crippen LogP contribution is -2.58. The Morgan fingerprint density at radius 2 is 1.87 bits per heavy atom. The first-order valence-corrected chi connectivity index (χ1v) is 12.9. The number of aryl methyl sites for hydroxylation is 1. The highest BCUT2D eigenvalue weighted by Gasteiger charge is 2.35. The molecule has 0 aromatic heterocycles. The van der Waals surface area contributed by atoms with Gasteiger partial charge in [-0.2, -0.15) is 0 Å². The van der Waals surface area contributed by atoms with Gasteiger partial charge in [0.2, 0.25) is 0 Å². The standard InChI is InChI=1S/C30H31N3O6/c1-19-8-9-21-14-26(19)38-18-28(34)31-16-22-10-11-23(15-27(22)37-2)39-25-12-13-33(17-24(25)32-29(21)35)30(36)20-6-4-3-5-7-20/h3-11,14-15,24-25H,12-13,16-18H2,1-2H3,(H,31,34)(H,32,35)/t24-,25+/m0/s1. The van der Waals surface area contributed by atoms with Crippen LogP contribution in [0.5, 0.6) is 17.2 Å². The molecular formula is C30H31N3O6. The molecule has 2 atom stereocenters. The second kappa shape index (κ2) is 11.5. The van der Waals surface area contributed by atoms with E-state index in [1.165, 1.54) is 0 Å². The average Bonchev–Trinajstić information content (AvgIpc) is 2.96. The van der Waals surface area contributed by atoms with Gasteiger partial charge in [-0.1, -0.05) is 24.3 Å². The first-order chi connectivity index (χ1) is 18.9. The van der Waals surface area contributed by atoms with E-state index in [4.69, 9.17) is 14.2 Å². The monoisotopic (exact) mass is 529 g/mol. The molecule has 3 aliphatic rings. The van der Waals surface area contributed by atoms with Crippen LogP contribution in [-0.4, -0.2) is 61.6 Å². The highest BCUT2D eigenvalue weighted by Crippen LogP contribution is 2.28. The Morgan fingerprint density at radius 3 is 2.67 bits per heavy atom. The Balaban J connectivity index is 1.47. The Kier molecular flexibility index (Phi) is 7.67. The van der Waals surface area contributed by atoms with Gasteiger partial charge in [0.05, 0.1) is 13.2 Å². The lowest BCUT2D eigenvalue weighted by atomic mass is 9.99. The maximum atomic E-state index is 13.4. The lowest BCUT2D eigenvalue weighted by Gasteiger charge is -2.39. The molecule has 3 aromatic carbocycles. The summed E-state index contributed by atoms with van der Waals surface area (Å²) < 4.78 is 17.7. The van der Waals surface area contributed by atoms with Gasteiger partial charge in [-0.15, -0.1) is 0 Å². The summed E-state index contributed by atoms with van der Waals surface area (Å²) in [7, 11) is 1.56. The second-order valence-corrected chi connectivity index (χ2v) is 9.66. The van der Waals surface area contributed by atoms with Crippen molar-refractivity contribution in [1.82, 2.24) is 15.5 Å². The minimum Gasteiger partial charge on any atom is -0.496 e. The van der Waals surface area contributed by atoms with Crippen LogP contribution in [-0.2, 0) is 11.3 Å². The van der Waals surface area contributed by atoms with Gasteiger partial charge in [0.25, 0.3) is 17.7 Å². The number of ether oxygens (including phenoxy) is 3. The fourth-order valence-corrected chi connectivity index (χ4v) is 4.81. The molecule has 0 saturated carbocycles. The Bertz CT molecular complexity index is 1380. The first-order valence-electron chi connectivity index (χ1n) is 12.9. The van der Waals surface area contributed by atoms with Gasteiger partial charge in [0.15, 0.2) is 6.61 Å². The molecule has 1 fully saturated rings. The Labute approximate surface area is 227 Å². The number of rotatable bonds is 2. The molecule has 3 aliphatic heterocycles. The molecule has 3 aromatic rings. The summed E-state index contributed by atoms with van der Waals surface area (Å²) in [5, 5.41) is 5.92. The number of piperidine rings is 1. The number of hydrogen-bond acceptors (Lipinski definition) is 6. The summed E-state index contributed by atoms with van der Waals surface area (Å²) >= 11 is 0. The summed E-state index contributed by atoms with van der Waals surface area (Å²) in [5.41, 5.74) is 2.56. The minimum atomic E-state index is -0.478. The zero-order valence-electron chi connectivity index (χ0n) is 21.9. The first kappa shape index (κ1) is 26.1. The van der Waals surface area contributed by atoms with Crippen molar-refractivity contribution >= 4 is 17.7 Å². The third-order valence-electron chi connectivity index (χ3n) is 7.00. The largest absolute Gasteiger partial charge is 0.496 e. The molecule has 0 radical (unpaired) electrons. The number of likely N-dealkylation sites (tertiary alicyclic amines) is 1. The molecular weight excluding hydrogens is 498 g/mol. The lowest BCUT2D eigenvalue weighted by molar-refractivity contribution is -0.123. The van der Waals surface area contributed by atoms with Crippen LogP contribution in [0.1, 0.15) is 38.3 Å². The summed E-state index contributed by atoms with van der Waals surface area (Å²) in [4.78, 5) is 40.8. The summed E-state index contributed by atoms with van der Waals surface area (Å²) in [6.07, 6.45) is 0.132. The summed E-state index contributed by atoms with van der Waals surface area (Å²) in [5.74, 6) is 0.859. The van der Waals surface area contributed by atoms with Gasteiger partial charge in [0.1, 0.15) is 23.4 Å². The summed E-state index contributed by atoms with van der Waals surface area (Å²) in [6.45, 7) is 2.67. The van der Waals surface area contributed by atoms with E-state index < -0.39 is 6.04 Å². The van der Waals surface area contributed by atoms with Gasteiger partial charge in [-0.25, -0.2) is 0 Å². The normalized spacial score (nSPS) is 19.5. The number of nitrogens with one attached hydrogen (secondary N) is 2. The molecule has 3 heterocycles. The van der Waals surface area contributed by atoms with E-state index in [1.54, 1.807) is 48.4 Å². The Morgan fingerprint density at radius 1 is 1.05 bits per heavy atom. The van der Waals surface area contributed by atoms with E-state index in [-0.39, 0.29) is 43.5 Å². The SMILES string of the molecule is COc1cc2ccc1CNC(=O)COc1cc(ccc1C)C(=O)N[C@H]1CN(C(=O)c3ccccc3)CC[C@H]1O2. The Hall–Kier alpha value is -4.53. The van der Waals surface area contributed by atoms with Crippen molar-refractivity contribution in [2.45, 2.75) is 32.0 Å². The molecule has 1 saturated heterocycles. The van der Waals surface area contributed by atoms with Crippen molar-refractivity contribution in [1.29, 1.82) is 0 Å². The van der Waals surface area contributed by atoms with Crippen LogP contribution in [0.3, 0.4) is 0 Å². The predicted molar refractivity (Wildman–Crippen MR) is 144 cm³/mol. The van der Waals surface area contributed by atoms with E-state index in [1.807, 2.05) is 37.3 Å². The molecule has 0 aliphatic carbocycles. The molecule has 6 rings (SSSR count). The van der Waals surface area contributed by atoms with E-state index in [0.29, 0.717) is 41.3 Å². The van der Waals surface area contributed by atoms with Crippen molar-refractivity contribution < 1.29 is 28.6 Å². The number of methoxy groups -OCH3 is 1. The maximum Gasteiger partial charge on any atom is 0.258 e. The van der Waals surface area contributed by atoms with Crippen molar-refractivity contribution in [2.75, 3.05) is 26.8 Å². The zero-order valence-corrected chi connectivity index (χ0v) is 21.9. The number of carbonyl (C=O) groups is 3. The van der Waals surface area contributed by atoms with Crippen LogP contribution in [0.2, 0.25) is 0 Å². The zero-order chi connectivity index (χ0) is 27.4. The second-order valence-electron chi connectivity index (χ2n) is 9.66. The number of hydrogen-bond donors (Lipinski definition) is 2.